The van der Waals surface area contributed by atoms with Gasteiger partial charge < -0.3 is 0 Å². The van der Waals surface area contributed by atoms with Crippen molar-refractivity contribution in [2.24, 2.45) is 5.92 Å². The minimum absolute atomic E-state index is 0.0322. The molecular weight excluding hydrogens is 196 g/mol. The van der Waals surface area contributed by atoms with E-state index < -0.39 is 0 Å². The molecule has 86 valence electrons. The Hall–Kier alpha value is -1.33. The van der Waals surface area contributed by atoms with Gasteiger partial charge in [0.25, 0.3) is 0 Å². The van der Waals surface area contributed by atoms with Crippen molar-refractivity contribution in [2.75, 3.05) is 0 Å². The van der Waals surface area contributed by atoms with E-state index in [1.54, 1.807) is 0 Å². The number of nitrogens with zero attached hydrogens (tertiary/aromatic N) is 1. The quantitative estimate of drug-likeness (QED) is 0.793. The van der Waals surface area contributed by atoms with Crippen LogP contribution in [0.4, 0.5) is 0 Å². The summed E-state index contributed by atoms with van der Waals surface area (Å²) < 4.78 is 0. The number of rotatable bonds is 6. The third-order valence-electron chi connectivity index (χ3n) is 3.03. The Labute approximate surface area is 98.3 Å². The molecule has 0 aliphatic carbocycles. The highest BCUT2D eigenvalue weighted by molar-refractivity contribution is 5.14. The van der Waals surface area contributed by atoms with Crippen LogP contribution in [0.3, 0.4) is 0 Å². The van der Waals surface area contributed by atoms with Gasteiger partial charge in [-0.15, -0.1) is 0 Å². The molecule has 0 saturated carbocycles. The molecule has 1 atom stereocenters. The van der Waals surface area contributed by atoms with E-state index in [0.717, 1.165) is 19.4 Å². The van der Waals surface area contributed by atoms with Crippen LogP contribution in [-0.4, -0.2) is 6.04 Å². The number of hydrogen-bond donors (Lipinski definition) is 1. The van der Waals surface area contributed by atoms with Crippen LogP contribution >= 0.6 is 0 Å². The monoisotopic (exact) mass is 216 g/mol. The number of hydrogen-bond acceptors (Lipinski definition) is 2. The van der Waals surface area contributed by atoms with Crippen molar-refractivity contribution in [1.29, 1.82) is 5.26 Å². The molecule has 0 amide bonds. The number of benzene rings is 1. The summed E-state index contributed by atoms with van der Waals surface area (Å²) in [6.45, 7) is 5.06. The lowest BCUT2D eigenvalue weighted by molar-refractivity contribution is 0.388. The van der Waals surface area contributed by atoms with Gasteiger partial charge in [-0.2, -0.15) is 5.26 Å². The lowest BCUT2D eigenvalue weighted by Gasteiger charge is -2.20. The molecule has 0 unspecified atom stereocenters. The molecule has 1 N–H and O–H groups in total. The molecule has 0 saturated heterocycles. The van der Waals surface area contributed by atoms with E-state index in [1.165, 1.54) is 5.56 Å². The molecule has 0 radical (unpaired) electrons. The fourth-order valence-corrected chi connectivity index (χ4v) is 1.90. The number of nitriles is 1. The lowest BCUT2D eigenvalue weighted by Crippen LogP contribution is -2.34. The molecule has 0 heterocycles. The van der Waals surface area contributed by atoms with Crippen LogP contribution in [0, 0.1) is 17.2 Å². The lowest BCUT2D eigenvalue weighted by atomic mass is 9.95. The van der Waals surface area contributed by atoms with E-state index in [4.69, 9.17) is 5.26 Å². The van der Waals surface area contributed by atoms with Gasteiger partial charge in [0.2, 0.25) is 0 Å². The predicted octanol–water partition coefficient (Wildman–Crippen LogP) is 3.10. The van der Waals surface area contributed by atoms with Gasteiger partial charge in [0.1, 0.15) is 0 Å². The summed E-state index contributed by atoms with van der Waals surface area (Å²) in [4.78, 5) is 0. The Bertz CT molecular complexity index is 322. The zero-order valence-corrected chi connectivity index (χ0v) is 10.1. The van der Waals surface area contributed by atoms with Crippen LogP contribution in [0.5, 0.6) is 0 Å². The average Bonchev–Trinajstić information content (AvgIpc) is 2.35. The second kappa shape index (κ2) is 7.03. The Morgan fingerprint density at radius 3 is 2.31 bits per heavy atom. The summed E-state index contributed by atoms with van der Waals surface area (Å²) in [5.41, 5.74) is 1.23. The second-order valence-corrected chi connectivity index (χ2v) is 4.05. The standard InChI is InChI=1S/C14H20N2/c1-3-13(4-2)14(10-15)16-11-12-8-6-5-7-9-12/h5-9,13-14,16H,3-4,11H2,1-2H3/t14-/m1/s1. The van der Waals surface area contributed by atoms with Gasteiger partial charge in [-0.1, -0.05) is 57.0 Å². The molecule has 0 aliphatic heterocycles. The van der Waals surface area contributed by atoms with Gasteiger partial charge >= 0.3 is 0 Å². The normalized spacial score (nSPS) is 12.4. The molecule has 0 bridgehead atoms. The van der Waals surface area contributed by atoms with E-state index in [9.17, 15) is 0 Å². The van der Waals surface area contributed by atoms with E-state index in [2.05, 4.69) is 37.4 Å². The van der Waals surface area contributed by atoms with Gasteiger partial charge in [0.15, 0.2) is 0 Å². The molecule has 0 fully saturated rings. The van der Waals surface area contributed by atoms with Crippen molar-refractivity contribution in [3.63, 3.8) is 0 Å². The predicted molar refractivity (Wildman–Crippen MR) is 66.8 cm³/mol. The molecule has 1 rings (SSSR count). The molecule has 16 heavy (non-hydrogen) atoms. The Balaban J connectivity index is 2.49. The first-order chi connectivity index (χ1) is 7.81. The summed E-state index contributed by atoms with van der Waals surface area (Å²) >= 11 is 0. The number of nitrogens with one attached hydrogen (secondary N) is 1. The van der Waals surface area contributed by atoms with Crippen LogP contribution in [0.1, 0.15) is 32.3 Å². The van der Waals surface area contributed by atoms with Crippen LogP contribution in [0.2, 0.25) is 0 Å². The Kier molecular flexibility index (Phi) is 5.60. The molecule has 1 aromatic carbocycles. The van der Waals surface area contributed by atoms with Crippen molar-refractivity contribution in [3.05, 3.63) is 35.9 Å². The molecule has 2 nitrogen and oxygen atoms in total. The van der Waals surface area contributed by atoms with Gasteiger partial charge in [-0.05, 0) is 11.5 Å². The zero-order chi connectivity index (χ0) is 11.8. The van der Waals surface area contributed by atoms with Crippen LogP contribution in [-0.2, 0) is 6.54 Å². The van der Waals surface area contributed by atoms with Crippen LogP contribution in [0.15, 0.2) is 30.3 Å². The fraction of sp³-hybridized carbons (Fsp3) is 0.500. The maximum Gasteiger partial charge on any atom is 0.0983 e. The summed E-state index contributed by atoms with van der Waals surface area (Å²) in [6, 6.07) is 12.5. The van der Waals surface area contributed by atoms with Crippen molar-refractivity contribution < 1.29 is 0 Å². The summed E-state index contributed by atoms with van der Waals surface area (Å²) in [5, 5.41) is 12.5. The van der Waals surface area contributed by atoms with Crippen LogP contribution in [0.25, 0.3) is 0 Å². The van der Waals surface area contributed by atoms with Gasteiger partial charge in [0.05, 0.1) is 12.1 Å². The maximum absolute atomic E-state index is 9.12. The first-order valence-corrected chi connectivity index (χ1v) is 5.98. The summed E-state index contributed by atoms with van der Waals surface area (Å²) in [7, 11) is 0. The SMILES string of the molecule is CCC(CC)[C@@H](C#N)NCc1ccccc1. The van der Waals surface area contributed by atoms with Crippen molar-refractivity contribution in [3.8, 4) is 6.07 Å². The third kappa shape index (κ3) is 3.67. The maximum atomic E-state index is 9.12. The van der Waals surface area contributed by atoms with E-state index in [1.807, 2.05) is 18.2 Å². The van der Waals surface area contributed by atoms with Gasteiger partial charge in [-0.25, -0.2) is 0 Å². The molecule has 0 aromatic heterocycles. The Morgan fingerprint density at radius 2 is 1.81 bits per heavy atom. The zero-order valence-electron chi connectivity index (χ0n) is 10.1. The highest BCUT2D eigenvalue weighted by atomic mass is 14.9. The van der Waals surface area contributed by atoms with E-state index in [-0.39, 0.29) is 6.04 Å². The van der Waals surface area contributed by atoms with Crippen molar-refractivity contribution >= 4 is 0 Å². The smallest absolute Gasteiger partial charge is 0.0983 e. The largest absolute Gasteiger partial charge is 0.298 e. The van der Waals surface area contributed by atoms with E-state index in [0.29, 0.717) is 5.92 Å². The Morgan fingerprint density at radius 1 is 1.19 bits per heavy atom. The fourth-order valence-electron chi connectivity index (χ4n) is 1.90. The third-order valence-corrected chi connectivity index (χ3v) is 3.03. The molecule has 2 heteroatoms. The van der Waals surface area contributed by atoms with Gasteiger partial charge in [0, 0.05) is 6.54 Å². The first kappa shape index (κ1) is 12.7. The summed E-state index contributed by atoms with van der Waals surface area (Å²) in [5.74, 6) is 0.453. The average molecular weight is 216 g/mol. The van der Waals surface area contributed by atoms with E-state index >= 15 is 0 Å². The molecule has 0 spiro atoms. The van der Waals surface area contributed by atoms with Gasteiger partial charge in [-0.3, -0.25) is 5.32 Å². The summed E-state index contributed by atoms with van der Waals surface area (Å²) in [6.07, 6.45) is 2.10. The first-order valence-electron chi connectivity index (χ1n) is 5.98. The topological polar surface area (TPSA) is 35.8 Å². The molecule has 1 aromatic rings. The minimum Gasteiger partial charge on any atom is -0.298 e. The minimum atomic E-state index is -0.0322. The highest BCUT2D eigenvalue weighted by Crippen LogP contribution is 2.13. The second-order valence-electron chi connectivity index (χ2n) is 4.05. The highest BCUT2D eigenvalue weighted by Gasteiger charge is 2.16. The van der Waals surface area contributed by atoms with Crippen molar-refractivity contribution in [2.45, 2.75) is 39.3 Å². The van der Waals surface area contributed by atoms with Crippen LogP contribution < -0.4 is 5.32 Å². The molecular formula is C14H20N2. The van der Waals surface area contributed by atoms with Crippen molar-refractivity contribution in [1.82, 2.24) is 5.32 Å². The molecule has 0 aliphatic rings.